The number of piperidine rings is 1. The van der Waals surface area contributed by atoms with E-state index in [-0.39, 0.29) is 5.97 Å². The van der Waals surface area contributed by atoms with Crippen molar-refractivity contribution in [2.45, 2.75) is 45.1 Å². The summed E-state index contributed by atoms with van der Waals surface area (Å²) < 4.78 is 5.34. The van der Waals surface area contributed by atoms with Gasteiger partial charge in [0.25, 0.3) is 0 Å². The lowest BCUT2D eigenvalue weighted by molar-refractivity contribution is -0.143. The molecule has 3 atom stereocenters. The van der Waals surface area contributed by atoms with Crippen LogP contribution >= 0.6 is 0 Å². The van der Waals surface area contributed by atoms with E-state index in [1.807, 2.05) is 0 Å². The summed E-state index contributed by atoms with van der Waals surface area (Å²) in [5.74, 6) is 0.799. The number of aromatic nitrogens is 1. The van der Waals surface area contributed by atoms with Crippen LogP contribution in [-0.4, -0.2) is 41.6 Å². The van der Waals surface area contributed by atoms with Crippen molar-refractivity contribution in [3.05, 3.63) is 35.5 Å². The molecule has 4 nitrogen and oxygen atoms in total. The molecule has 1 aromatic carbocycles. The molecule has 4 heteroatoms. The van der Waals surface area contributed by atoms with Crippen molar-refractivity contribution >= 4 is 16.9 Å². The summed E-state index contributed by atoms with van der Waals surface area (Å²) in [5.41, 5.74) is 4.19. The first-order valence-electron chi connectivity index (χ1n) is 9.13. The molecule has 1 fully saturated rings. The number of fused-ring (bicyclic) bond motifs is 2. The molecule has 0 unspecified atom stereocenters. The van der Waals surface area contributed by atoms with E-state index in [1.54, 1.807) is 0 Å². The Labute approximate surface area is 143 Å². The maximum atomic E-state index is 11.2. The second-order valence-corrected chi connectivity index (χ2v) is 7.36. The van der Waals surface area contributed by atoms with Crippen molar-refractivity contribution in [2.75, 3.05) is 19.7 Å². The Bertz CT molecular complexity index is 751. The minimum Gasteiger partial charge on any atom is -0.466 e. The highest BCUT2D eigenvalue weighted by atomic mass is 16.5. The lowest BCUT2D eigenvalue weighted by Gasteiger charge is -2.47. The first kappa shape index (κ1) is 15.7. The van der Waals surface area contributed by atoms with Crippen LogP contribution < -0.4 is 0 Å². The second-order valence-electron chi connectivity index (χ2n) is 7.36. The van der Waals surface area contributed by atoms with Gasteiger partial charge in [-0.15, -0.1) is 0 Å². The van der Waals surface area contributed by atoms with Gasteiger partial charge in [-0.05, 0) is 43.0 Å². The Hall–Kier alpha value is -1.81. The van der Waals surface area contributed by atoms with Crippen molar-refractivity contribution in [3.63, 3.8) is 0 Å². The van der Waals surface area contributed by atoms with Crippen molar-refractivity contribution in [1.29, 1.82) is 0 Å². The number of nitrogens with zero attached hydrogens (tertiary/aromatic N) is 1. The number of benzene rings is 1. The molecule has 1 N–H and O–H groups in total. The summed E-state index contributed by atoms with van der Waals surface area (Å²) in [4.78, 5) is 17.3. The van der Waals surface area contributed by atoms with Crippen LogP contribution in [0.5, 0.6) is 0 Å². The molecule has 4 rings (SSSR count). The molecule has 1 aliphatic carbocycles. The van der Waals surface area contributed by atoms with Gasteiger partial charge in [0.15, 0.2) is 0 Å². The van der Waals surface area contributed by atoms with Crippen molar-refractivity contribution in [3.8, 4) is 0 Å². The smallest absolute Gasteiger partial charge is 0.302 e. The highest BCUT2D eigenvalue weighted by molar-refractivity contribution is 5.88. The van der Waals surface area contributed by atoms with Crippen LogP contribution in [0.3, 0.4) is 0 Å². The summed E-state index contributed by atoms with van der Waals surface area (Å²) in [5, 5.41) is 1.43. The van der Waals surface area contributed by atoms with Crippen LogP contribution in [-0.2, 0) is 16.0 Å². The number of likely N-dealkylation sites (tertiary alicyclic amines) is 1. The molecule has 0 amide bonds. The maximum Gasteiger partial charge on any atom is 0.302 e. The van der Waals surface area contributed by atoms with Crippen LogP contribution in [0.4, 0.5) is 0 Å². The number of H-pyrrole nitrogens is 1. The third kappa shape index (κ3) is 2.63. The zero-order valence-electron chi connectivity index (χ0n) is 14.5. The first-order valence-corrected chi connectivity index (χ1v) is 9.13. The monoisotopic (exact) mass is 326 g/mol. The number of hydrogen-bond donors (Lipinski definition) is 1. The van der Waals surface area contributed by atoms with Crippen molar-refractivity contribution in [1.82, 2.24) is 9.88 Å². The molecule has 1 saturated heterocycles. The molecular weight excluding hydrogens is 300 g/mol. The fourth-order valence-corrected chi connectivity index (χ4v) is 4.80. The van der Waals surface area contributed by atoms with Gasteiger partial charge in [0.05, 0.1) is 6.61 Å². The topological polar surface area (TPSA) is 45.3 Å². The minimum atomic E-state index is -0.169. The highest BCUT2D eigenvalue weighted by Crippen LogP contribution is 2.44. The van der Waals surface area contributed by atoms with Gasteiger partial charge in [-0.25, -0.2) is 0 Å². The number of carbonyl (C=O) groups is 1. The average molecular weight is 326 g/mol. The molecule has 1 aliphatic heterocycles. The maximum absolute atomic E-state index is 11.2. The van der Waals surface area contributed by atoms with E-state index in [0.29, 0.717) is 24.5 Å². The largest absolute Gasteiger partial charge is 0.466 e. The van der Waals surface area contributed by atoms with E-state index in [4.69, 9.17) is 4.74 Å². The Kier molecular flexibility index (Phi) is 4.09. The van der Waals surface area contributed by atoms with E-state index in [1.165, 1.54) is 29.0 Å². The van der Waals surface area contributed by atoms with E-state index >= 15 is 0 Å². The summed E-state index contributed by atoms with van der Waals surface area (Å²) in [6.45, 7) is 6.46. The van der Waals surface area contributed by atoms with Crippen LogP contribution in [0.2, 0.25) is 0 Å². The lowest BCUT2D eigenvalue weighted by Crippen LogP contribution is -2.51. The van der Waals surface area contributed by atoms with E-state index in [0.717, 1.165) is 32.4 Å². The predicted octanol–water partition coefficient (Wildman–Crippen LogP) is 3.47. The first-order chi connectivity index (χ1) is 11.7. The van der Waals surface area contributed by atoms with E-state index < -0.39 is 0 Å². The molecule has 2 aromatic rings. The minimum absolute atomic E-state index is 0.169. The van der Waals surface area contributed by atoms with Crippen molar-refractivity contribution in [2.24, 2.45) is 5.92 Å². The van der Waals surface area contributed by atoms with Crippen LogP contribution in [0.15, 0.2) is 24.4 Å². The molecule has 0 bridgehead atoms. The number of nitrogens with one attached hydrogen (secondary N) is 1. The van der Waals surface area contributed by atoms with E-state index in [2.05, 4.69) is 41.2 Å². The Balaban J connectivity index is 1.68. The summed E-state index contributed by atoms with van der Waals surface area (Å²) in [6.07, 6.45) is 5.59. The number of rotatable bonds is 4. The summed E-state index contributed by atoms with van der Waals surface area (Å²) in [6, 6.07) is 7.22. The Morgan fingerprint density at radius 2 is 2.29 bits per heavy atom. The second kappa shape index (κ2) is 6.25. The van der Waals surface area contributed by atoms with Gasteiger partial charge < -0.3 is 9.72 Å². The summed E-state index contributed by atoms with van der Waals surface area (Å²) >= 11 is 0. The number of carbonyl (C=O) groups excluding carboxylic acids is 1. The van der Waals surface area contributed by atoms with Gasteiger partial charge in [-0.1, -0.05) is 19.1 Å². The predicted molar refractivity (Wildman–Crippen MR) is 95.1 cm³/mol. The van der Waals surface area contributed by atoms with Gasteiger partial charge in [-0.2, -0.15) is 0 Å². The van der Waals surface area contributed by atoms with Gasteiger partial charge in [-0.3, -0.25) is 9.69 Å². The Morgan fingerprint density at radius 3 is 3.08 bits per heavy atom. The number of ether oxygens (including phenoxy) is 1. The highest BCUT2D eigenvalue weighted by Gasteiger charge is 2.40. The standard InChI is InChI=1S/C20H26N2O2/c1-3-7-22-11-14(12-24-13(2)23)8-17-16-5-4-6-18-20(16)15(10-21-18)9-19(17)22/h4-6,10,14,17,19,21H,3,7-9,11-12H2,1-2H3/t14-,17-,19-/m1/s1. The Morgan fingerprint density at radius 1 is 1.42 bits per heavy atom. The number of aromatic amines is 1. The third-order valence-corrected chi connectivity index (χ3v) is 5.69. The van der Waals surface area contributed by atoms with Crippen molar-refractivity contribution < 1.29 is 9.53 Å². The molecular formula is C20H26N2O2. The fraction of sp³-hybridized carbons (Fsp3) is 0.550. The fourth-order valence-electron chi connectivity index (χ4n) is 4.80. The number of esters is 1. The van der Waals surface area contributed by atoms with E-state index in [9.17, 15) is 4.79 Å². The molecule has 128 valence electrons. The van der Waals surface area contributed by atoms with Gasteiger partial charge in [0.1, 0.15) is 0 Å². The molecule has 1 aromatic heterocycles. The van der Waals surface area contributed by atoms with Gasteiger partial charge in [0, 0.05) is 48.4 Å². The third-order valence-electron chi connectivity index (χ3n) is 5.69. The number of hydrogen-bond acceptors (Lipinski definition) is 3. The SMILES string of the molecule is CCCN1C[C@H](COC(C)=O)C[C@@H]2c3cccc4[nH]cc(c34)C[C@H]21. The zero-order chi connectivity index (χ0) is 16.7. The van der Waals surface area contributed by atoms with Crippen LogP contribution in [0.25, 0.3) is 10.9 Å². The quantitative estimate of drug-likeness (QED) is 0.875. The van der Waals surface area contributed by atoms with Gasteiger partial charge >= 0.3 is 5.97 Å². The average Bonchev–Trinajstić information content (AvgIpc) is 2.99. The van der Waals surface area contributed by atoms with Gasteiger partial charge in [0.2, 0.25) is 0 Å². The molecule has 0 radical (unpaired) electrons. The van der Waals surface area contributed by atoms with Crippen LogP contribution in [0, 0.1) is 5.92 Å². The van der Waals surface area contributed by atoms with Crippen LogP contribution in [0.1, 0.15) is 43.7 Å². The molecule has 0 spiro atoms. The molecule has 2 heterocycles. The zero-order valence-corrected chi connectivity index (χ0v) is 14.5. The lowest BCUT2D eigenvalue weighted by atomic mass is 9.72. The summed E-state index contributed by atoms with van der Waals surface area (Å²) in [7, 11) is 0. The molecule has 2 aliphatic rings. The molecule has 24 heavy (non-hydrogen) atoms. The molecule has 0 saturated carbocycles. The normalized spacial score (nSPS) is 26.3.